The summed E-state index contributed by atoms with van der Waals surface area (Å²) >= 11 is 1.62. The molecule has 2 rings (SSSR count). The lowest BCUT2D eigenvalue weighted by Gasteiger charge is -2.37. The van der Waals surface area contributed by atoms with E-state index in [9.17, 15) is 0 Å². The SMILES string of the molecule is C[C@@H]1O[C@@H](Sc2ncccn2)CC[C@H]1N(C)C. The molecule has 0 aliphatic carbocycles. The number of nitrogens with zero attached hydrogens (tertiary/aromatic N) is 3. The van der Waals surface area contributed by atoms with Crippen LogP contribution in [0.15, 0.2) is 23.6 Å². The first-order chi connectivity index (χ1) is 8.16. The molecule has 0 saturated carbocycles. The molecule has 5 heteroatoms. The first-order valence-electron chi connectivity index (χ1n) is 5.92. The van der Waals surface area contributed by atoms with E-state index in [1.807, 2.05) is 6.07 Å². The third-order valence-electron chi connectivity index (χ3n) is 3.05. The molecule has 0 aromatic carbocycles. The molecule has 2 heterocycles. The van der Waals surface area contributed by atoms with Crippen molar-refractivity contribution < 1.29 is 4.74 Å². The van der Waals surface area contributed by atoms with Crippen molar-refractivity contribution in [3.05, 3.63) is 18.5 Å². The van der Waals surface area contributed by atoms with Gasteiger partial charge < -0.3 is 9.64 Å². The number of hydrogen-bond donors (Lipinski definition) is 0. The predicted octanol–water partition coefficient (Wildman–Crippen LogP) is 2.02. The average molecular weight is 253 g/mol. The van der Waals surface area contributed by atoms with Crippen LogP contribution in [0.3, 0.4) is 0 Å². The van der Waals surface area contributed by atoms with Crippen LogP contribution in [-0.4, -0.2) is 46.5 Å². The van der Waals surface area contributed by atoms with Crippen LogP contribution in [0.1, 0.15) is 19.8 Å². The lowest BCUT2D eigenvalue weighted by Crippen LogP contribution is -2.44. The van der Waals surface area contributed by atoms with Crippen LogP contribution < -0.4 is 0 Å². The van der Waals surface area contributed by atoms with Crippen molar-refractivity contribution >= 4 is 11.8 Å². The van der Waals surface area contributed by atoms with Gasteiger partial charge in [0.15, 0.2) is 5.16 Å². The Balaban J connectivity index is 1.90. The van der Waals surface area contributed by atoms with Crippen molar-refractivity contribution in [1.82, 2.24) is 14.9 Å². The normalized spacial score (nSPS) is 29.5. The van der Waals surface area contributed by atoms with Crippen LogP contribution in [0.5, 0.6) is 0 Å². The van der Waals surface area contributed by atoms with Crippen LogP contribution >= 0.6 is 11.8 Å². The Morgan fingerprint density at radius 1 is 1.29 bits per heavy atom. The van der Waals surface area contributed by atoms with Gasteiger partial charge in [0.1, 0.15) is 5.44 Å². The van der Waals surface area contributed by atoms with E-state index in [1.165, 1.54) is 6.42 Å². The van der Waals surface area contributed by atoms with E-state index < -0.39 is 0 Å². The van der Waals surface area contributed by atoms with Crippen LogP contribution in [0.4, 0.5) is 0 Å². The lowest BCUT2D eigenvalue weighted by molar-refractivity contribution is -0.0430. The van der Waals surface area contributed by atoms with Gasteiger partial charge in [-0.2, -0.15) is 0 Å². The highest BCUT2D eigenvalue weighted by Gasteiger charge is 2.30. The molecule has 1 aromatic rings. The van der Waals surface area contributed by atoms with Crippen molar-refractivity contribution in [3.63, 3.8) is 0 Å². The lowest BCUT2D eigenvalue weighted by atomic mass is 10.0. The van der Waals surface area contributed by atoms with Crippen molar-refractivity contribution in [2.45, 2.75) is 42.5 Å². The zero-order valence-corrected chi connectivity index (χ0v) is 11.4. The summed E-state index contributed by atoms with van der Waals surface area (Å²) in [5, 5.41) is 0.799. The van der Waals surface area contributed by atoms with E-state index in [2.05, 4.69) is 35.9 Å². The van der Waals surface area contributed by atoms with Gasteiger partial charge in [-0.3, -0.25) is 0 Å². The summed E-state index contributed by atoms with van der Waals surface area (Å²) in [6.45, 7) is 2.14. The van der Waals surface area contributed by atoms with E-state index in [1.54, 1.807) is 24.2 Å². The molecule has 4 nitrogen and oxygen atoms in total. The maximum atomic E-state index is 6.01. The fraction of sp³-hybridized carbons (Fsp3) is 0.667. The molecule has 1 aliphatic heterocycles. The Labute approximate surface area is 107 Å². The van der Waals surface area contributed by atoms with Crippen LogP contribution in [0.2, 0.25) is 0 Å². The molecule has 17 heavy (non-hydrogen) atoms. The van der Waals surface area contributed by atoms with Crippen molar-refractivity contribution in [2.24, 2.45) is 0 Å². The summed E-state index contributed by atoms with van der Waals surface area (Å²) in [6.07, 6.45) is 6.02. The fourth-order valence-corrected chi connectivity index (χ4v) is 3.13. The smallest absolute Gasteiger partial charge is 0.189 e. The largest absolute Gasteiger partial charge is 0.363 e. The van der Waals surface area contributed by atoms with E-state index >= 15 is 0 Å². The molecular weight excluding hydrogens is 234 g/mol. The zero-order chi connectivity index (χ0) is 12.3. The summed E-state index contributed by atoms with van der Waals surface area (Å²) in [5.41, 5.74) is 0.184. The molecule has 0 spiro atoms. The van der Waals surface area contributed by atoms with Crippen molar-refractivity contribution in [1.29, 1.82) is 0 Å². The minimum atomic E-state index is 0.184. The van der Waals surface area contributed by atoms with Gasteiger partial charge in [0.2, 0.25) is 0 Å². The molecule has 1 saturated heterocycles. The third-order valence-corrected chi connectivity index (χ3v) is 4.08. The Morgan fingerprint density at radius 2 is 2.00 bits per heavy atom. The van der Waals surface area contributed by atoms with Crippen LogP contribution in [0, 0.1) is 0 Å². The maximum Gasteiger partial charge on any atom is 0.189 e. The zero-order valence-electron chi connectivity index (χ0n) is 10.5. The van der Waals surface area contributed by atoms with Gasteiger partial charge >= 0.3 is 0 Å². The topological polar surface area (TPSA) is 38.3 Å². The van der Waals surface area contributed by atoms with E-state index in [0.717, 1.165) is 11.6 Å². The molecule has 0 bridgehead atoms. The molecule has 0 amide bonds. The summed E-state index contributed by atoms with van der Waals surface area (Å²) in [5.74, 6) is 0. The minimum Gasteiger partial charge on any atom is -0.363 e. The number of thioether (sulfide) groups is 1. The average Bonchev–Trinajstić information content (AvgIpc) is 2.30. The highest BCUT2D eigenvalue weighted by Crippen LogP contribution is 2.31. The van der Waals surface area contributed by atoms with Gasteiger partial charge in [0.05, 0.1) is 6.10 Å². The first-order valence-corrected chi connectivity index (χ1v) is 6.80. The second kappa shape index (κ2) is 5.80. The molecular formula is C12H19N3OS. The summed E-state index contributed by atoms with van der Waals surface area (Å²) in [4.78, 5) is 10.7. The van der Waals surface area contributed by atoms with Crippen LogP contribution in [0.25, 0.3) is 0 Å². The summed E-state index contributed by atoms with van der Waals surface area (Å²) in [7, 11) is 4.22. The monoisotopic (exact) mass is 253 g/mol. The highest BCUT2D eigenvalue weighted by molar-refractivity contribution is 7.99. The molecule has 1 aliphatic rings. The van der Waals surface area contributed by atoms with Gasteiger partial charge in [0, 0.05) is 18.4 Å². The second-order valence-corrected chi connectivity index (χ2v) is 5.65. The molecule has 3 atom stereocenters. The number of hydrogen-bond acceptors (Lipinski definition) is 5. The summed E-state index contributed by atoms with van der Waals surface area (Å²) < 4.78 is 6.01. The van der Waals surface area contributed by atoms with Gasteiger partial charge in [-0.05, 0) is 39.9 Å². The Hall–Kier alpha value is -0.650. The van der Waals surface area contributed by atoms with E-state index in [-0.39, 0.29) is 11.5 Å². The Bertz CT molecular complexity index is 347. The maximum absolute atomic E-state index is 6.01. The van der Waals surface area contributed by atoms with Gasteiger partial charge in [-0.25, -0.2) is 9.97 Å². The van der Waals surface area contributed by atoms with Gasteiger partial charge in [-0.15, -0.1) is 0 Å². The number of ether oxygens (including phenoxy) is 1. The van der Waals surface area contributed by atoms with Gasteiger partial charge in [0.25, 0.3) is 0 Å². The van der Waals surface area contributed by atoms with E-state index in [0.29, 0.717) is 6.04 Å². The standard InChI is InChI=1S/C12H19N3OS/c1-9-10(15(2)3)5-6-11(16-9)17-12-13-7-4-8-14-12/h4,7-11H,5-6H2,1-3H3/t9-,10+,11-/m0/s1. The number of aromatic nitrogens is 2. The number of likely N-dealkylation sites (N-methyl/N-ethyl adjacent to an activating group) is 1. The van der Waals surface area contributed by atoms with E-state index in [4.69, 9.17) is 4.74 Å². The third kappa shape index (κ3) is 3.40. The molecule has 0 radical (unpaired) electrons. The predicted molar refractivity (Wildman–Crippen MR) is 68.9 cm³/mol. The van der Waals surface area contributed by atoms with Gasteiger partial charge in [-0.1, -0.05) is 11.8 Å². The second-order valence-electron chi connectivity index (χ2n) is 4.53. The molecule has 0 unspecified atom stereocenters. The van der Waals surface area contributed by atoms with Crippen molar-refractivity contribution in [2.75, 3.05) is 14.1 Å². The summed E-state index contributed by atoms with van der Waals surface area (Å²) in [6, 6.07) is 2.35. The first kappa shape index (κ1) is 12.8. The van der Waals surface area contributed by atoms with Crippen LogP contribution in [-0.2, 0) is 4.74 Å². The number of rotatable bonds is 3. The minimum absolute atomic E-state index is 0.184. The van der Waals surface area contributed by atoms with Crippen molar-refractivity contribution in [3.8, 4) is 0 Å². The molecule has 1 aromatic heterocycles. The molecule has 94 valence electrons. The fourth-order valence-electron chi connectivity index (χ4n) is 2.17. The Kier molecular flexibility index (Phi) is 4.36. The highest BCUT2D eigenvalue weighted by atomic mass is 32.2. The molecule has 0 N–H and O–H groups in total. The Morgan fingerprint density at radius 3 is 2.59 bits per heavy atom. The molecule has 1 fully saturated rings. The quantitative estimate of drug-likeness (QED) is 0.771.